The zero-order valence-electron chi connectivity index (χ0n) is 9.86. The Morgan fingerprint density at radius 3 is 2.63 bits per heavy atom. The highest BCUT2D eigenvalue weighted by Gasteiger charge is 2.69. The highest BCUT2D eigenvalue weighted by molar-refractivity contribution is 7.87. The van der Waals surface area contributed by atoms with E-state index in [0.717, 1.165) is 0 Å². The Kier molecular flexibility index (Phi) is 3.07. The van der Waals surface area contributed by atoms with Gasteiger partial charge in [-0.15, -0.1) is 0 Å². The van der Waals surface area contributed by atoms with Crippen molar-refractivity contribution >= 4 is 16.1 Å². The Hall–Kier alpha value is -1.25. The van der Waals surface area contributed by atoms with E-state index in [2.05, 4.69) is 4.18 Å². The lowest BCUT2D eigenvalue weighted by atomic mass is 10.1. The van der Waals surface area contributed by atoms with Gasteiger partial charge in [-0.05, 0) is 31.8 Å². The first-order valence-corrected chi connectivity index (χ1v) is 6.94. The highest BCUT2D eigenvalue weighted by Crippen LogP contribution is 2.65. The van der Waals surface area contributed by atoms with Gasteiger partial charge in [0.25, 0.3) is 0 Å². The van der Waals surface area contributed by atoms with Crippen molar-refractivity contribution in [2.75, 3.05) is 6.61 Å². The van der Waals surface area contributed by atoms with Gasteiger partial charge in [-0.1, -0.05) is 0 Å². The molecule has 2 aliphatic carbocycles. The van der Waals surface area contributed by atoms with Crippen molar-refractivity contribution in [3.8, 4) is 0 Å². The van der Waals surface area contributed by atoms with Crippen molar-refractivity contribution in [2.45, 2.75) is 25.3 Å². The third-order valence-electron chi connectivity index (χ3n) is 3.26. The molecule has 0 aromatic heterocycles. The molecule has 0 aliphatic heterocycles. The van der Waals surface area contributed by atoms with Gasteiger partial charge in [0, 0.05) is 0 Å². The molecule has 1 saturated carbocycles. The fraction of sp³-hybridized carbons (Fsp3) is 0.700. The molecule has 9 heteroatoms. The molecule has 0 heterocycles. The van der Waals surface area contributed by atoms with E-state index in [9.17, 15) is 26.4 Å². The molecule has 1 fully saturated rings. The molecular weight excluding hydrogens is 289 g/mol. The molecule has 2 rings (SSSR count). The normalized spacial score (nSPS) is 29.5. The minimum atomic E-state index is -5.75. The van der Waals surface area contributed by atoms with Gasteiger partial charge in [-0.3, -0.25) is 4.79 Å². The average Bonchev–Trinajstić information content (AvgIpc) is 2.90. The van der Waals surface area contributed by atoms with Crippen molar-refractivity contribution in [3.05, 3.63) is 11.8 Å². The van der Waals surface area contributed by atoms with Gasteiger partial charge in [0.1, 0.15) is 11.2 Å². The molecule has 0 saturated heterocycles. The molecule has 0 bridgehead atoms. The molecule has 0 aromatic rings. The molecule has 2 unspecified atom stereocenters. The van der Waals surface area contributed by atoms with Crippen molar-refractivity contribution in [1.82, 2.24) is 0 Å². The summed E-state index contributed by atoms with van der Waals surface area (Å²) in [7, 11) is -5.75. The summed E-state index contributed by atoms with van der Waals surface area (Å²) in [5, 5.41) is 0. The van der Waals surface area contributed by atoms with Crippen molar-refractivity contribution in [2.24, 2.45) is 11.3 Å². The van der Waals surface area contributed by atoms with Crippen LogP contribution in [0.3, 0.4) is 0 Å². The van der Waals surface area contributed by atoms with Crippen molar-refractivity contribution < 1.29 is 35.3 Å². The number of allylic oxidation sites excluding steroid dienone is 1. The van der Waals surface area contributed by atoms with Crippen LogP contribution in [-0.2, 0) is 23.8 Å². The molecule has 19 heavy (non-hydrogen) atoms. The van der Waals surface area contributed by atoms with Gasteiger partial charge < -0.3 is 8.92 Å². The van der Waals surface area contributed by atoms with E-state index in [1.165, 1.54) is 6.08 Å². The smallest absolute Gasteiger partial charge is 0.465 e. The molecular formula is C10H11F3O5S. The van der Waals surface area contributed by atoms with Gasteiger partial charge in [-0.2, -0.15) is 21.6 Å². The number of carbonyl (C=O) groups excluding carboxylic acids is 1. The summed E-state index contributed by atoms with van der Waals surface area (Å²) < 4.78 is 67.5. The van der Waals surface area contributed by atoms with E-state index in [4.69, 9.17) is 4.74 Å². The van der Waals surface area contributed by atoms with Crippen LogP contribution in [0.2, 0.25) is 0 Å². The van der Waals surface area contributed by atoms with Gasteiger partial charge in [0.2, 0.25) is 0 Å². The summed E-state index contributed by atoms with van der Waals surface area (Å²) in [4.78, 5) is 11.7. The van der Waals surface area contributed by atoms with Crippen LogP contribution < -0.4 is 0 Å². The second-order valence-corrected chi connectivity index (χ2v) is 5.92. The summed E-state index contributed by atoms with van der Waals surface area (Å²) in [6.45, 7) is 1.62. The Labute approximate surface area is 107 Å². The lowest BCUT2D eigenvalue weighted by Gasteiger charge is -2.17. The zero-order valence-corrected chi connectivity index (χ0v) is 10.7. The Bertz CT molecular complexity index is 536. The first kappa shape index (κ1) is 14.2. The number of hydrogen-bond acceptors (Lipinski definition) is 5. The Morgan fingerprint density at radius 2 is 2.16 bits per heavy atom. The van der Waals surface area contributed by atoms with Crippen LogP contribution in [0.4, 0.5) is 13.2 Å². The van der Waals surface area contributed by atoms with Crippen LogP contribution in [0, 0.1) is 11.3 Å². The van der Waals surface area contributed by atoms with E-state index < -0.39 is 32.8 Å². The third-order valence-corrected chi connectivity index (χ3v) is 4.22. The van der Waals surface area contributed by atoms with E-state index in [0.29, 0.717) is 6.42 Å². The number of hydrogen-bond donors (Lipinski definition) is 0. The molecule has 2 aliphatic rings. The number of esters is 1. The van der Waals surface area contributed by atoms with E-state index >= 15 is 0 Å². The van der Waals surface area contributed by atoms with Crippen molar-refractivity contribution in [1.29, 1.82) is 0 Å². The molecule has 0 amide bonds. The Balaban J connectivity index is 2.21. The first-order valence-electron chi connectivity index (χ1n) is 5.53. The fourth-order valence-electron chi connectivity index (χ4n) is 2.23. The van der Waals surface area contributed by atoms with Crippen LogP contribution in [0.5, 0.6) is 0 Å². The second kappa shape index (κ2) is 4.12. The SMILES string of the molecule is CCOC(=O)C12CC1CC=C2OS(=O)(=O)C(F)(F)F. The van der Waals surface area contributed by atoms with Crippen molar-refractivity contribution in [3.63, 3.8) is 0 Å². The Morgan fingerprint density at radius 1 is 1.53 bits per heavy atom. The summed E-state index contributed by atoms with van der Waals surface area (Å²) in [6, 6.07) is 0. The molecule has 0 N–H and O–H groups in total. The average molecular weight is 300 g/mol. The van der Waals surface area contributed by atoms with Crippen LogP contribution in [-0.4, -0.2) is 26.5 Å². The second-order valence-electron chi connectivity index (χ2n) is 4.38. The predicted molar refractivity (Wildman–Crippen MR) is 55.9 cm³/mol. The third kappa shape index (κ3) is 2.09. The first-order chi connectivity index (χ1) is 8.65. The largest absolute Gasteiger partial charge is 0.534 e. The maximum atomic E-state index is 12.2. The van der Waals surface area contributed by atoms with E-state index in [1.807, 2.05) is 0 Å². The molecule has 108 valence electrons. The van der Waals surface area contributed by atoms with E-state index in [1.54, 1.807) is 6.92 Å². The van der Waals surface area contributed by atoms with Crippen LogP contribution in [0.25, 0.3) is 0 Å². The minimum absolute atomic E-state index is 0.0621. The molecule has 2 atom stereocenters. The molecule has 0 spiro atoms. The summed E-state index contributed by atoms with van der Waals surface area (Å²) >= 11 is 0. The number of alkyl halides is 3. The number of ether oxygens (including phenoxy) is 1. The van der Waals surface area contributed by atoms with Gasteiger partial charge >= 0.3 is 21.6 Å². The van der Waals surface area contributed by atoms with Crippen LogP contribution in [0.1, 0.15) is 19.8 Å². The molecule has 0 radical (unpaired) electrons. The number of rotatable bonds is 4. The summed E-state index contributed by atoms with van der Waals surface area (Å²) in [5.74, 6) is -1.43. The molecule has 5 nitrogen and oxygen atoms in total. The lowest BCUT2D eigenvalue weighted by molar-refractivity contribution is -0.149. The quantitative estimate of drug-likeness (QED) is 0.449. The maximum absolute atomic E-state index is 12.2. The fourth-order valence-corrected chi connectivity index (χ4v) is 2.78. The number of halogens is 3. The summed E-state index contributed by atoms with van der Waals surface area (Å²) in [6.07, 6.45) is 1.76. The van der Waals surface area contributed by atoms with Gasteiger partial charge in [0.05, 0.1) is 6.61 Å². The number of carbonyl (C=O) groups is 1. The zero-order chi connectivity index (χ0) is 14.5. The van der Waals surface area contributed by atoms with Crippen LogP contribution >= 0.6 is 0 Å². The topological polar surface area (TPSA) is 69.7 Å². The lowest BCUT2D eigenvalue weighted by Crippen LogP contribution is -2.30. The van der Waals surface area contributed by atoms with Gasteiger partial charge in [0.15, 0.2) is 0 Å². The monoisotopic (exact) mass is 300 g/mol. The maximum Gasteiger partial charge on any atom is 0.534 e. The molecule has 0 aromatic carbocycles. The summed E-state index contributed by atoms with van der Waals surface area (Å²) in [5.41, 5.74) is -6.86. The van der Waals surface area contributed by atoms with Crippen LogP contribution in [0.15, 0.2) is 11.8 Å². The highest BCUT2D eigenvalue weighted by atomic mass is 32.2. The number of fused-ring (bicyclic) bond motifs is 1. The van der Waals surface area contributed by atoms with E-state index in [-0.39, 0.29) is 18.9 Å². The standard InChI is InChI=1S/C10H11F3O5S/c1-2-17-8(14)9-5-6(9)3-4-7(9)18-19(15,16)10(11,12)13/h4,6H,2-3,5H2,1H3. The van der Waals surface area contributed by atoms with Gasteiger partial charge in [-0.25, -0.2) is 0 Å². The minimum Gasteiger partial charge on any atom is -0.465 e. The predicted octanol–water partition coefficient (Wildman–Crippen LogP) is 1.71.